The lowest BCUT2D eigenvalue weighted by Gasteiger charge is -2.23. The van der Waals surface area contributed by atoms with Crippen LogP contribution in [0.2, 0.25) is 5.02 Å². The van der Waals surface area contributed by atoms with Crippen molar-refractivity contribution < 1.29 is 12.8 Å². The molecule has 23 heavy (non-hydrogen) atoms. The van der Waals surface area contributed by atoms with E-state index in [0.717, 1.165) is 16.5 Å². The molecule has 124 valence electrons. The molecule has 0 amide bonds. The molecule has 1 aromatic carbocycles. The molecule has 0 spiro atoms. The van der Waals surface area contributed by atoms with E-state index in [-0.39, 0.29) is 17.5 Å². The first kappa shape index (κ1) is 16.5. The average Bonchev–Trinajstić information content (AvgIpc) is 2.81. The molecule has 2 heterocycles. The second-order valence-corrected chi connectivity index (χ2v) is 8.80. The van der Waals surface area contributed by atoms with Crippen molar-refractivity contribution in [1.82, 2.24) is 4.90 Å². The lowest BCUT2D eigenvalue weighted by Crippen LogP contribution is -2.32. The summed E-state index contributed by atoms with van der Waals surface area (Å²) >= 11 is 6.19. The van der Waals surface area contributed by atoms with Crippen molar-refractivity contribution in [1.29, 1.82) is 0 Å². The van der Waals surface area contributed by atoms with Gasteiger partial charge in [0.05, 0.1) is 11.5 Å². The van der Waals surface area contributed by atoms with Crippen molar-refractivity contribution in [2.75, 3.05) is 18.6 Å². The van der Waals surface area contributed by atoms with Crippen molar-refractivity contribution in [3.05, 3.63) is 44.8 Å². The summed E-state index contributed by atoms with van der Waals surface area (Å²) < 4.78 is 28.5. The fourth-order valence-electron chi connectivity index (χ4n) is 3.00. The van der Waals surface area contributed by atoms with E-state index in [4.69, 9.17) is 16.0 Å². The third-order valence-electron chi connectivity index (χ3n) is 4.36. The molecule has 0 N–H and O–H groups in total. The number of benzene rings is 1. The Kier molecular flexibility index (Phi) is 4.25. The molecule has 1 saturated heterocycles. The smallest absolute Gasteiger partial charge is 0.336 e. The fourth-order valence-corrected chi connectivity index (χ4v) is 4.97. The summed E-state index contributed by atoms with van der Waals surface area (Å²) in [6.45, 7) is 2.33. The fraction of sp³-hybridized carbons (Fsp3) is 0.438. The number of hydrogen-bond acceptors (Lipinski definition) is 5. The lowest BCUT2D eigenvalue weighted by molar-refractivity contribution is 0.254. The summed E-state index contributed by atoms with van der Waals surface area (Å²) in [6, 6.07) is 4.98. The van der Waals surface area contributed by atoms with E-state index in [0.29, 0.717) is 23.6 Å². The summed E-state index contributed by atoms with van der Waals surface area (Å²) in [7, 11) is -1.06. The molecular weight excluding hydrogens is 338 g/mol. The second-order valence-electron chi connectivity index (χ2n) is 6.16. The molecule has 0 aliphatic carbocycles. The molecule has 1 fully saturated rings. The second kappa shape index (κ2) is 5.92. The average molecular weight is 356 g/mol. The minimum atomic E-state index is -2.94. The summed E-state index contributed by atoms with van der Waals surface area (Å²) in [4.78, 5) is 13.8. The Balaban J connectivity index is 1.96. The van der Waals surface area contributed by atoms with Gasteiger partial charge < -0.3 is 4.42 Å². The molecule has 1 aliphatic heterocycles. The Morgan fingerprint density at radius 3 is 2.74 bits per heavy atom. The van der Waals surface area contributed by atoms with E-state index in [2.05, 4.69) is 0 Å². The number of fused-ring (bicyclic) bond motifs is 1. The standard InChI is InChI=1S/C16H18ClNO4S/c1-10-5-15-13(7-14(10)17)11(6-16(19)22-15)8-18(2)12-3-4-23(20,21)9-12/h5-7,12H,3-4,8-9H2,1-2H3. The van der Waals surface area contributed by atoms with Crippen molar-refractivity contribution in [3.8, 4) is 0 Å². The highest BCUT2D eigenvalue weighted by molar-refractivity contribution is 7.91. The quantitative estimate of drug-likeness (QED) is 0.791. The SMILES string of the molecule is Cc1cc2oc(=O)cc(CN(C)C3CCS(=O)(=O)C3)c2cc1Cl. The first-order valence-electron chi connectivity index (χ1n) is 7.39. The van der Waals surface area contributed by atoms with Gasteiger partial charge in [-0.1, -0.05) is 11.6 Å². The molecule has 5 nitrogen and oxygen atoms in total. The molecule has 0 saturated carbocycles. The van der Waals surface area contributed by atoms with Crippen LogP contribution in [0, 0.1) is 6.92 Å². The maximum absolute atomic E-state index is 11.8. The van der Waals surface area contributed by atoms with Gasteiger partial charge >= 0.3 is 5.63 Å². The molecular formula is C16H18ClNO4S. The van der Waals surface area contributed by atoms with Crippen LogP contribution in [0.4, 0.5) is 0 Å². The maximum atomic E-state index is 11.8. The Morgan fingerprint density at radius 1 is 1.35 bits per heavy atom. The van der Waals surface area contributed by atoms with E-state index >= 15 is 0 Å². The molecule has 1 aromatic heterocycles. The van der Waals surface area contributed by atoms with Gasteiger partial charge in [-0.25, -0.2) is 13.2 Å². The molecule has 0 radical (unpaired) electrons. The van der Waals surface area contributed by atoms with Crippen LogP contribution in [0.25, 0.3) is 11.0 Å². The normalized spacial score (nSPS) is 20.4. The van der Waals surface area contributed by atoms with Gasteiger partial charge in [-0.05, 0) is 43.7 Å². The zero-order chi connectivity index (χ0) is 16.8. The molecule has 1 atom stereocenters. The van der Waals surface area contributed by atoms with Crippen molar-refractivity contribution >= 4 is 32.4 Å². The number of nitrogens with zero attached hydrogens (tertiary/aromatic N) is 1. The van der Waals surface area contributed by atoms with E-state index in [1.165, 1.54) is 6.07 Å². The van der Waals surface area contributed by atoms with Gasteiger partial charge in [0, 0.05) is 29.1 Å². The minimum absolute atomic E-state index is 0.0248. The molecule has 7 heteroatoms. The molecule has 0 bridgehead atoms. The van der Waals surface area contributed by atoms with Crippen LogP contribution in [0.1, 0.15) is 17.5 Å². The monoisotopic (exact) mass is 355 g/mol. The third-order valence-corrected chi connectivity index (χ3v) is 6.52. The summed E-state index contributed by atoms with van der Waals surface area (Å²) in [5.74, 6) is 0.396. The molecule has 3 rings (SSSR count). The number of sulfone groups is 1. The Labute approximate surface area is 139 Å². The highest BCUT2D eigenvalue weighted by atomic mass is 35.5. The van der Waals surface area contributed by atoms with E-state index < -0.39 is 15.5 Å². The van der Waals surface area contributed by atoms with Crippen LogP contribution in [0.15, 0.2) is 27.4 Å². The van der Waals surface area contributed by atoms with Crippen LogP contribution in [0.3, 0.4) is 0 Å². The van der Waals surface area contributed by atoms with Gasteiger partial charge in [0.1, 0.15) is 5.58 Å². The van der Waals surface area contributed by atoms with Crippen LogP contribution in [0.5, 0.6) is 0 Å². The summed E-state index contributed by atoms with van der Waals surface area (Å²) in [5, 5.41) is 1.40. The van der Waals surface area contributed by atoms with Crippen LogP contribution in [-0.4, -0.2) is 37.9 Å². The lowest BCUT2D eigenvalue weighted by atomic mass is 10.1. The van der Waals surface area contributed by atoms with E-state index in [9.17, 15) is 13.2 Å². The van der Waals surface area contributed by atoms with Crippen LogP contribution < -0.4 is 5.63 Å². The summed E-state index contributed by atoms with van der Waals surface area (Å²) in [5.41, 5.74) is 1.73. The zero-order valence-electron chi connectivity index (χ0n) is 13.0. The first-order valence-corrected chi connectivity index (χ1v) is 9.59. The van der Waals surface area contributed by atoms with Crippen LogP contribution in [-0.2, 0) is 16.4 Å². The molecule has 1 aliphatic rings. The minimum Gasteiger partial charge on any atom is -0.423 e. The highest BCUT2D eigenvalue weighted by Gasteiger charge is 2.30. The van der Waals surface area contributed by atoms with Crippen molar-refractivity contribution in [2.45, 2.75) is 25.9 Å². The van der Waals surface area contributed by atoms with Gasteiger partial charge in [0.15, 0.2) is 9.84 Å². The Hall–Kier alpha value is -1.37. The summed E-state index contributed by atoms with van der Waals surface area (Å²) in [6.07, 6.45) is 0.623. The highest BCUT2D eigenvalue weighted by Crippen LogP contribution is 2.27. The molecule has 2 aromatic rings. The first-order chi connectivity index (χ1) is 10.7. The number of aryl methyl sites for hydroxylation is 1. The van der Waals surface area contributed by atoms with Gasteiger partial charge in [-0.3, -0.25) is 4.90 Å². The van der Waals surface area contributed by atoms with Gasteiger partial charge in [0.2, 0.25) is 0 Å². The number of rotatable bonds is 3. The van der Waals surface area contributed by atoms with Crippen molar-refractivity contribution in [2.24, 2.45) is 0 Å². The predicted molar refractivity (Wildman–Crippen MR) is 90.8 cm³/mol. The number of halogens is 1. The van der Waals surface area contributed by atoms with Crippen molar-refractivity contribution in [3.63, 3.8) is 0 Å². The topological polar surface area (TPSA) is 67.6 Å². The maximum Gasteiger partial charge on any atom is 0.336 e. The van der Waals surface area contributed by atoms with E-state index in [1.54, 1.807) is 12.1 Å². The Bertz CT molecular complexity index is 920. The van der Waals surface area contributed by atoms with E-state index in [1.807, 2.05) is 18.9 Å². The van der Waals surface area contributed by atoms with Gasteiger partial charge in [-0.2, -0.15) is 0 Å². The Morgan fingerprint density at radius 2 is 2.09 bits per heavy atom. The predicted octanol–water partition coefficient (Wildman–Crippen LogP) is 2.37. The van der Waals surface area contributed by atoms with Crippen LogP contribution >= 0.6 is 11.6 Å². The van der Waals surface area contributed by atoms with Gasteiger partial charge in [0.25, 0.3) is 0 Å². The largest absolute Gasteiger partial charge is 0.423 e. The van der Waals surface area contributed by atoms with Gasteiger partial charge in [-0.15, -0.1) is 0 Å². The zero-order valence-corrected chi connectivity index (χ0v) is 14.6. The molecule has 1 unspecified atom stereocenters. The third kappa shape index (κ3) is 3.44. The number of hydrogen-bond donors (Lipinski definition) is 0.